The van der Waals surface area contributed by atoms with E-state index in [1.807, 2.05) is 0 Å². The van der Waals surface area contributed by atoms with Crippen LogP contribution in [-0.4, -0.2) is 47.6 Å². The largest absolute Gasteiger partial charge is 0.471 e. The van der Waals surface area contributed by atoms with Crippen LogP contribution in [-0.2, 0) is 14.3 Å². The van der Waals surface area contributed by atoms with Crippen LogP contribution in [0.25, 0.3) is 0 Å². The van der Waals surface area contributed by atoms with E-state index >= 15 is 0 Å². The number of aromatic nitrogens is 2. The van der Waals surface area contributed by atoms with Crippen molar-refractivity contribution in [3.63, 3.8) is 0 Å². The predicted octanol–water partition coefficient (Wildman–Crippen LogP) is 1.14. The van der Waals surface area contributed by atoms with Crippen LogP contribution in [0, 0.1) is 0 Å². The van der Waals surface area contributed by atoms with Crippen molar-refractivity contribution in [3.8, 4) is 0 Å². The van der Waals surface area contributed by atoms with Crippen LogP contribution in [0.5, 0.6) is 0 Å². The number of carbonyl (C=O) groups excluding carboxylic acids is 2. The summed E-state index contributed by atoms with van der Waals surface area (Å²) in [4.78, 5) is 22.2. The van der Waals surface area contributed by atoms with E-state index in [0.29, 0.717) is 0 Å². The van der Waals surface area contributed by atoms with Crippen LogP contribution in [0.1, 0.15) is 6.42 Å². The van der Waals surface area contributed by atoms with Crippen molar-refractivity contribution in [1.82, 2.24) is 15.5 Å². The third kappa shape index (κ3) is 6.46. The molecule has 0 aliphatic heterocycles. The number of hydrogen-bond acceptors (Lipinski definition) is 7. The molecule has 1 aromatic heterocycles. The molecule has 23 heavy (non-hydrogen) atoms. The standard InChI is InChI=1S/C11H11ClF3N5O3/c1-23-9(21)6(17-10(22)11(13,14)15)4-5-16-19-8-3-2-7(12)18-20-8/h2-3,5-6H,4H2,1H3,(H,17,22)(H,19,20)/b16-5+. The van der Waals surface area contributed by atoms with Gasteiger partial charge in [0.05, 0.1) is 7.11 Å². The van der Waals surface area contributed by atoms with Crippen LogP contribution in [0.4, 0.5) is 19.0 Å². The van der Waals surface area contributed by atoms with Crippen molar-refractivity contribution in [2.45, 2.75) is 18.6 Å². The minimum atomic E-state index is -5.11. The summed E-state index contributed by atoms with van der Waals surface area (Å²) in [5.41, 5.74) is 2.42. The highest BCUT2D eigenvalue weighted by Gasteiger charge is 2.40. The van der Waals surface area contributed by atoms with Gasteiger partial charge >= 0.3 is 18.1 Å². The topological polar surface area (TPSA) is 106 Å². The summed E-state index contributed by atoms with van der Waals surface area (Å²) < 4.78 is 40.9. The summed E-state index contributed by atoms with van der Waals surface area (Å²) >= 11 is 5.53. The third-order valence-corrected chi connectivity index (χ3v) is 2.49. The van der Waals surface area contributed by atoms with E-state index in [1.54, 1.807) is 0 Å². The van der Waals surface area contributed by atoms with Crippen LogP contribution in [0.2, 0.25) is 5.15 Å². The lowest BCUT2D eigenvalue weighted by Gasteiger charge is -2.15. The van der Waals surface area contributed by atoms with Gasteiger partial charge in [-0.2, -0.15) is 18.3 Å². The SMILES string of the molecule is COC(=O)C(C/C=N/Nc1ccc(Cl)nn1)NC(=O)C(F)(F)F. The summed E-state index contributed by atoms with van der Waals surface area (Å²) in [6, 6.07) is 1.36. The van der Waals surface area contributed by atoms with Crippen LogP contribution in [0.15, 0.2) is 17.2 Å². The monoisotopic (exact) mass is 353 g/mol. The Bertz CT molecular complexity index is 579. The molecule has 0 bridgehead atoms. The van der Waals surface area contributed by atoms with Crippen LogP contribution < -0.4 is 10.7 Å². The smallest absolute Gasteiger partial charge is 0.467 e. The van der Waals surface area contributed by atoms with E-state index in [1.165, 1.54) is 17.4 Å². The van der Waals surface area contributed by atoms with E-state index in [4.69, 9.17) is 11.6 Å². The molecule has 0 radical (unpaired) electrons. The second-order valence-electron chi connectivity index (χ2n) is 3.95. The first kappa shape index (κ1) is 18.6. The van der Waals surface area contributed by atoms with Gasteiger partial charge in [-0.15, -0.1) is 10.2 Å². The van der Waals surface area contributed by atoms with Gasteiger partial charge < -0.3 is 10.1 Å². The summed E-state index contributed by atoms with van der Waals surface area (Å²) in [6.45, 7) is 0. The number of hydrogen-bond donors (Lipinski definition) is 2. The molecule has 2 N–H and O–H groups in total. The number of amides is 1. The third-order valence-electron chi connectivity index (χ3n) is 2.29. The molecule has 0 aliphatic rings. The van der Waals surface area contributed by atoms with Gasteiger partial charge in [-0.25, -0.2) is 4.79 Å². The van der Waals surface area contributed by atoms with Crippen molar-refractivity contribution in [2.24, 2.45) is 5.10 Å². The molecule has 0 aliphatic carbocycles. The molecular formula is C11H11ClF3N5O3. The van der Waals surface area contributed by atoms with Gasteiger partial charge in [0.15, 0.2) is 11.0 Å². The van der Waals surface area contributed by atoms with Crippen molar-refractivity contribution in [3.05, 3.63) is 17.3 Å². The Morgan fingerprint density at radius 3 is 2.65 bits per heavy atom. The quantitative estimate of drug-likeness (QED) is 0.451. The fourth-order valence-corrected chi connectivity index (χ4v) is 1.34. The van der Waals surface area contributed by atoms with Gasteiger partial charge in [-0.05, 0) is 12.1 Å². The summed E-state index contributed by atoms with van der Waals surface area (Å²) in [5, 5.41) is 12.4. The Morgan fingerprint density at radius 1 is 1.43 bits per heavy atom. The Balaban J connectivity index is 2.60. The first-order valence-electron chi connectivity index (χ1n) is 5.96. The highest BCUT2D eigenvalue weighted by atomic mass is 35.5. The van der Waals surface area contributed by atoms with E-state index in [9.17, 15) is 22.8 Å². The molecule has 1 heterocycles. The first-order valence-corrected chi connectivity index (χ1v) is 6.34. The minimum Gasteiger partial charge on any atom is -0.467 e. The number of esters is 1. The molecule has 1 amide bonds. The maximum absolute atomic E-state index is 12.2. The number of carbonyl (C=O) groups is 2. The average Bonchev–Trinajstić information content (AvgIpc) is 2.50. The van der Waals surface area contributed by atoms with Crippen molar-refractivity contribution in [2.75, 3.05) is 12.5 Å². The van der Waals surface area contributed by atoms with Gasteiger partial charge in [0.1, 0.15) is 6.04 Å². The zero-order valence-electron chi connectivity index (χ0n) is 11.6. The lowest BCUT2D eigenvalue weighted by molar-refractivity contribution is -0.175. The molecule has 0 saturated heterocycles. The first-order chi connectivity index (χ1) is 10.7. The fourth-order valence-electron chi connectivity index (χ4n) is 1.24. The van der Waals surface area contributed by atoms with Gasteiger partial charge in [-0.3, -0.25) is 10.2 Å². The number of anilines is 1. The van der Waals surface area contributed by atoms with Crippen molar-refractivity contribution in [1.29, 1.82) is 0 Å². The molecular weight excluding hydrogens is 343 g/mol. The van der Waals surface area contributed by atoms with Gasteiger partial charge in [0.2, 0.25) is 0 Å². The predicted molar refractivity (Wildman–Crippen MR) is 73.8 cm³/mol. The van der Waals surface area contributed by atoms with Gasteiger partial charge in [-0.1, -0.05) is 11.6 Å². The molecule has 8 nitrogen and oxygen atoms in total. The molecule has 1 unspecified atom stereocenters. The number of nitrogens with one attached hydrogen (secondary N) is 2. The van der Waals surface area contributed by atoms with E-state index in [2.05, 4.69) is 25.5 Å². The molecule has 0 fully saturated rings. The van der Waals surface area contributed by atoms with Gasteiger partial charge in [0.25, 0.3) is 0 Å². The van der Waals surface area contributed by atoms with Crippen LogP contribution in [0.3, 0.4) is 0 Å². The lowest BCUT2D eigenvalue weighted by atomic mass is 10.2. The molecule has 1 rings (SSSR count). The number of ether oxygens (including phenoxy) is 1. The fraction of sp³-hybridized carbons (Fsp3) is 0.364. The molecule has 0 spiro atoms. The zero-order valence-corrected chi connectivity index (χ0v) is 12.4. The van der Waals surface area contributed by atoms with Crippen molar-refractivity contribution >= 4 is 35.5 Å². The average molecular weight is 354 g/mol. The van der Waals surface area contributed by atoms with E-state index < -0.39 is 24.1 Å². The molecule has 1 aromatic rings. The van der Waals surface area contributed by atoms with Crippen molar-refractivity contribution < 1.29 is 27.5 Å². The number of alkyl halides is 3. The molecule has 1 atom stereocenters. The Hall–Kier alpha value is -2.43. The summed E-state index contributed by atoms with van der Waals surface area (Å²) in [7, 11) is 0.980. The second-order valence-corrected chi connectivity index (χ2v) is 4.33. The second kappa shape index (κ2) is 8.27. The number of halogens is 4. The number of nitrogens with zero attached hydrogens (tertiary/aromatic N) is 3. The molecule has 0 saturated carbocycles. The Kier molecular flexibility index (Phi) is 6.69. The minimum absolute atomic E-state index is 0.167. The highest BCUT2D eigenvalue weighted by molar-refractivity contribution is 6.29. The zero-order chi connectivity index (χ0) is 17.5. The highest BCUT2D eigenvalue weighted by Crippen LogP contribution is 2.15. The maximum Gasteiger partial charge on any atom is 0.471 e. The molecule has 0 aromatic carbocycles. The van der Waals surface area contributed by atoms with E-state index in [-0.39, 0.29) is 17.4 Å². The molecule has 126 valence electrons. The van der Waals surface area contributed by atoms with Crippen LogP contribution >= 0.6 is 11.6 Å². The Labute approximate surface area is 133 Å². The summed E-state index contributed by atoms with van der Waals surface area (Å²) in [6.07, 6.45) is -4.36. The molecule has 12 heteroatoms. The van der Waals surface area contributed by atoms with E-state index in [0.717, 1.165) is 13.3 Å². The lowest BCUT2D eigenvalue weighted by Crippen LogP contribution is -2.47. The normalized spacial score (nSPS) is 12.7. The number of hydrazone groups is 1. The summed E-state index contributed by atoms with van der Waals surface area (Å²) in [5.74, 6) is -3.07. The maximum atomic E-state index is 12.2. The number of methoxy groups -OCH3 is 1. The number of rotatable bonds is 6. The van der Waals surface area contributed by atoms with Gasteiger partial charge in [0, 0.05) is 12.6 Å². The Morgan fingerprint density at radius 2 is 2.13 bits per heavy atom.